The van der Waals surface area contributed by atoms with Gasteiger partial charge in [-0.2, -0.15) is 11.8 Å². The van der Waals surface area contributed by atoms with E-state index in [1.54, 1.807) is 0 Å². The molecular weight excluding hydrogens is 188 g/mol. The summed E-state index contributed by atoms with van der Waals surface area (Å²) in [6, 6.07) is 0. The molecule has 0 amide bonds. The fraction of sp³-hybridized carbons (Fsp3) is 1.00. The molecule has 14 heavy (non-hydrogen) atoms. The van der Waals surface area contributed by atoms with Crippen LogP contribution in [0.1, 0.15) is 54.9 Å². The fourth-order valence-electron chi connectivity index (χ4n) is 2.51. The highest BCUT2D eigenvalue weighted by atomic mass is 32.2. The third-order valence-electron chi connectivity index (χ3n) is 3.43. The predicted molar refractivity (Wildman–Crippen MR) is 70.0 cm³/mol. The Balaban J connectivity index is 0.000000379. The Hall–Kier alpha value is 0.350. The van der Waals surface area contributed by atoms with Crippen LogP contribution in [0.4, 0.5) is 0 Å². The molecule has 1 heteroatoms. The highest BCUT2D eigenvalue weighted by Crippen LogP contribution is 2.55. The molecule has 2 saturated heterocycles. The van der Waals surface area contributed by atoms with E-state index in [9.17, 15) is 0 Å². The summed E-state index contributed by atoms with van der Waals surface area (Å²) in [6.45, 7) is 15.3. The molecule has 2 fully saturated rings. The van der Waals surface area contributed by atoms with Crippen molar-refractivity contribution in [2.45, 2.75) is 65.4 Å². The molecule has 0 spiro atoms. The number of rotatable bonds is 0. The molecule has 0 saturated carbocycles. The molecule has 0 nitrogen and oxygen atoms in total. The molecule has 2 aliphatic rings. The molecule has 86 valence electrons. The van der Waals surface area contributed by atoms with Gasteiger partial charge in [-0.1, -0.05) is 48.5 Å². The van der Waals surface area contributed by atoms with Crippen LogP contribution in [0.2, 0.25) is 0 Å². The summed E-state index contributed by atoms with van der Waals surface area (Å²) in [5, 5.41) is 2.01. The van der Waals surface area contributed by atoms with Gasteiger partial charge >= 0.3 is 0 Å². The molecule has 2 bridgehead atoms. The van der Waals surface area contributed by atoms with Crippen LogP contribution in [0, 0.1) is 17.8 Å². The molecular formula is C13H28S. The van der Waals surface area contributed by atoms with E-state index in [1.807, 2.05) is 27.7 Å². The van der Waals surface area contributed by atoms with E-state index in [0.29, 0.717) is 0 Å². The van der Waals surface area contributed by atoms with Gasteiger partial charge in [0.15, 0.2) is 0 Å². The number of fused-ring (bicyclic) bond motifs is 2. The lowest BCUT2D eigenvalue weighted by atomic mass is 9.77. The molecule has 0 aromatic heterocycles. The van der Waals surface area contributed by atoms with E-state index in [2.05, 4.69) is 32.5 Å². The van der Waals surface area contributed by atoms with E-state index in [0.717, 1.165) is 28.3 Å². The van der Waals surface area contributed by atoms with Crippen LogP contribution in [-0.4, -0.2) is 10.5 Å². The van der Waals surface area contributed by atoms with Crippen molar-refractivity contribution in [3.8, 4) is 0 Å². The molecule has 0 aromatic carbocycles. The Morgan fingerprint density at radius 3 is 1.64 bits per heavy atom. The number of hydrogen-bond acceptors (Lipinski definition) is 1. The van der Waals surface area contributed by atoms with Crippen molar-refractivity contribution in [3.63, 3.8) is 0 Å². The maximum absolute atomic E-state index is 2.43. The van der Waals surface area contributed by atoms with Crippen LogP contribution < -0.4 is 0 Å². The van der Waals surface area contributed by atoms with Crippen LogP contribution in [0.3, 0.4) is 0 Å². The lowest BCUT2D eigenvalue weighted by molar-refractivity contribution is 0.273. The summed E-state index contributed by atoms with van der Waals surface area (Å²) < 4.78 is 0. The van der Waals surface area contributed by atoms with Gasteiger partial charge in [0.2, 0.25) is 0 Å². The van der Waals surface area contributed by atoms with Crippen molar-refractivity contribution in [1.29, 1.82) is 0 Å². The maximum atomic E-state index is 2.43. The van der Waals surface area contributed by atoms with E-state index < -0.39 is 0 Å². The van der Waals surface area contributed by atoms with E-state index in [4.69, 9.17) is 0 Å². The average Bonchev–Trinajstić information content (AvgIpc) is 2.74. The van der Waals surface area contributed by atoms with Gasteiger partial charge < -0.3 is 0 Å². The first-order chi connectivity index (χ1) is 6.70. The fourth-order valence-corrected chi connectivity index (χ4v) is 4.70. The van der Waals surface area contributed by atoms with Gasteiger partial charge in [0.05, 0.1) is 0 Å². The molecule has 0 aliphatic carbocycles. The second-order valence-electron chi connectivity index (χ2n) is 4.07. The zero-order valence-electron chi connectivity index (χ0n) is 11.0. The molecule has 5 atom stereocenters. The Kier molecular flexibility index (Phi) is 6.93. The van der Waals surface area contributed by atoms with Crippen molar-refractivity contribution in [3.05, 3.63) is 0 Å². The predicted octanol–water partition coefficient (Wildman–Crippen LogP) is 4.83. The molecule has 2 aliphatic heterocycles. The first kappa shape index (κ1) is 14.3. The van der Waals surface area contributed by atoms with Crippen molar-refractivity contribution in [2.24, 2.45) is 17.8 Å². The maximum Gasteiger partial charge on any atom is 0.0104 e. The van der Waals surface area contributed by atoms with Crippen LogP contribution >= 0.6 is 11.8 Å². The van der Waals surface area contributed by atoms with Crippen molar-refractivity contribution in [2.75, 3.05) is 0 Å². The first-order valence-electron chi connectivity index (χ1n) is 6.35. The lowest BCUT2D eigenvalue weighted by Gasteiger charge is -2.27. The summed E-state index contributed by atoms with van der Waals surface area (Å²) in [5.74, 6) is 2.98. The second kappa shape index (κ2) is 6.76. The summed E-state index contributed by atoms with van der Waals surface area (Å²) in [4.78, 5) is 0. The molecule has 5 unspecified atom stereocenters. The summed E-state index contributed by atoms with van der Waals surface area (Å²) >= 11 is 2.26. The van der Waals surface area contributed by atoms with Gasteiger partial charge in [-0.3, -0.25) is 0 Å². The SMILES string of the molecule is CC.CC.CC1CC2SC1C(C)C2C. The molecule has 0 aromatic rings. The summed E-state index contributed by atoms with van der Waals surface area (Å²) in [6.07, 6.45) is 1.49. The van der Waals surface area contributed by atoms with Gasteiger partial charge in [-0.25, -0.2) is 0 Å². The van der Waals surface area contributed by atoms with Crippen LogP contribution in [0.25, 0.3) is 0 Å². The van der Waals surface area contributed by atoms with Crippen LogP contribution in [-0.2, 0) is 0 Å². The van der Waals surface area contributed by atoms with Crippen molar-refractivity contribution >= 4 is 11.8 Å². The van der Waals surface area contributed by atoms with Crippen LogP contribution in [0.5, 0.6) is 0 Å². The lowest BCUT2D eigenvalue weighted by Crippen LogP contribution is -2.27. The minimum atomic E-state index is 0.985. The van der Waals surface area contributed by atoms with Crippen LogP contribution in [0.15, 0.2) is 0 Å². The zero-order chi connectivity index (χ0) is 11.3. The topological polar surface area (TPSA) is 0 Å². The van der Waals surface area contributed by atoms with Gasteiger partial charge in [0.1, 0.15) is 0 Å². The Labute approximate surface area is 95.2 Å². The monoisotopic (exact) mass is 216 g/mol. The molecule has 0 radical (unpaired) electrons. The quantitative estimate of drug-likeness (QED) is 0.558. The molecule has 2 heterocycles. The van der Waals surface area contributed by atoms with E-state index in [1.165, 1.54) is 6.42 Å². The van der Waals surface area contributed by atoms with E-state index >= 15 is 0 Å². The van der Waals surface area contributed by atoms with Gasteiger partial charge in [0, 0.05) is 10.5 Å². The highest BCUT2D eigenvalue weighted by molar-refractivity contribution is 8.01. The third kappa shape index (κ3) is 2.68. The van der Waals surface area contributed by atoms with Gasteiger partial charge in [-0.15, -0.1) is 0 Å². The minimum absolute atomic E-state index is 0.985. The van der Waals surface area contributed by atoms with E-state index in [-0.39, 0.29) is 0 Å². The molecule has 2 rings (SSSR count). The summed E-state index contributed by atoms with van der Waals surface area (Å²) in [7, 11) is 0. The molecule has 0 N–H and O–H groups in total. The Bertz CT molecular complexity index is 142. The third-order valence-corrected chi connectivity index (χ3v) is 5.61. The normalized spacial score (nSPS) is 43.5. The highest BCUT2D eigenvalue weighted by Gasteiger charge is 2.47. The second-order valence-corrected chi connectivity index (χ2v) is 5.49. The van der Waals surface area contributed by atoms with Crippen molar-refractivity contribution in [1.82, 2.24) is 0 Å². The number of hydrogen-bond donors (Lipinski definition) is 0. The van der Waals surface area contributed by atoms with Gasteiger partial charge in [-0.05, 0) is 24.2 Å². The minimum Gasteiger partial charge on any atom is -0.154 e. The zero-order valence-corrected chi connectivity index (χ0v) is 11.8. The smallest absolute Gasteiger partial charge is 0.0104 e. The summed E-state index contributed by atoms with van der Waals surface area (Å²) in [5.41, 5.74) is 0. The number of thioether (sulfide) groups is 1. The Morgan fingerprint density at radius 1 is 0.857 bits per heavy atom. The first-order valence-corrected chi connectivity index (χ1v) is 7.30. The Morgan fingerprint density at radius 2 is 1.36 bits per heavy atom. The largest absolute Gasteiger partial charge is 0.154 e. The van der Waals surface area contributed by atoms with Crippen molar-refractivity contribution < 1.29 is 0 Å². The standard InChI is InChI=1S/C9H16S.2C2H6/c1-5-4-8-6(2)7(3)9(5)10-8;2*1-2/h5-9H,4H2,1-3H3;2*1-2H3. The van der Waals surface area contributed by atoms with Gasteiger partial charge in [0.25, 0.3) is 0 Å². The average molecular weight is 216 g/mol.